The van der Waals surface area contributed by atoms with Crippen molar-refractivity contribution < 1.29 is 18.8 Å². The third-order valence-electron chi connectivity index (χ3n) is 3.97. The first-order valence-corrected chi connectivity index (χ1v) is 8.54. The number of carbonyl (C=O) groups excluding carboxylic acids is 1. The van der Waals surface area contributed by atoms with Gasteiger partial charge in [0, 0.05) is 22.3 Å². The molecule has 1 aliphatic heterocycles. The second-order valence-electron chi connectivity index (χ2n) is 5.47. The summed E-state index contributed by atoms with van der Waals surface area (Å²) in [6.07, 6.45) is 0.658. The summed E-state index contributed by atoms with van der Waals surface area (Å²) in [5.41, 5.74) is 0.608. The molecule has 0 aliphatic carbocycles. The first-order valence-electron chi connectivity index (χ1n) is 7.55. The number of hydrogen-bond acceptors (Lipinski definition) is 5. The van der Waals surface area contributed by atoms with Crippen LogP contribution in [0.2, 0.25) is 0 Å². The van der Waals surface area contributed by atoms with Gasteiger partial charge in [-0.05, 0) is 30.2 Å². The monoisotopic (exact) mass is 362 g/mol. The summed E-state index contributed by atoms with van der Waals surface area (Å²) >= 11 is 1.42. The predicted octanol–water partition coefficient (Wildman–Crippen LogP) is 3.71. The Morgan fingerprint density at radius 2 is 2.20 bits per heavy atom. The van der Waals surface area contributed by atoms with Crippen molar-refractivity contribution in [3.05, 3.63) is 63.5 Å². The predicted molar refractivity (Wildman–Crippen MR) is 91.6 cm³/mol. The van der Waals surface area contributed by atoms with E-state index in [1.165, 1.54) is 43.1 Å². The maximum Gasteiger partial charge on any atom is 0.311 e. The van der Waals surface area contributed by atoms with E-state index in [0.717, 1.165) is 5.56 Å². The maximum absolute atomic E-state index is 13.9. The van der Waals surface area contributed by atoms with Crippen LogP contribution in [0.5, 0.6) is 5.75 Å². The van der Waals surface area contributed by atoms with Crippen LogP contribution in [0.1, 0.15) is 28.4 Å². The molecule has 0 radical (unpaired) electrons. The summed E-state index contributed by atoms with van der Waals surface area (Å²) in [6, 6.07) is 8.48. The third kappa shape index (κ3) is 3.43. The van der Waals surface area contributed by atoms with Gasteiger partial charge in [0.1, 0.15) is 5.82 Å². The summed E-state index contributed by atoms with van der Waals surface area (Å²) in [6.45, 7) is 0. The second kappa shape index (κ2) is 7.10. The number of fused-ring (bicyclic) bond motifs is 1. The van der Waals surface area contributed by atoms with E-state index in [4.69, 9.17) is 4.74 Å². The van der Waals surface area contributed by atoms with Crippen LogP contribution >= 0.6 is 11.8 Å². The van der Waals surface area contributed by atoms with E-state index in [1.807, 2.05) is 0 Å². The molecule has 0 unspecified atom stereocenters. The molecule has 2 aromatic carbocycles. The van der Waals surface area contributed by atoms with E-state index in [0.29, 0.717) is 17.1 Å². The summed E-state index contributed by atoms with van der Waals surface area (Å²) in [5.74, 6) is 0.0178. The SMILES string of the molecule is COc1ccc(C(=O)N[C@H]2CCSc3c(F)cccc32)cc1[N+](=O)[O-]. The molecule has 0 saturated heterocycles. The van der Waals surface area contributed by atoms with Crippen LogP contribution < -0.4 is 10.1 Å². The normalized spacial score (nSPS) is 16.0. The van der Waals surface area contributed by atoms with Crippen molar-refractivity contribution in [2.75, 3.05) is 12.9 Å². The van der Waals surface area contributed by atoms with Gasteiger partial charge in [-0.25, -0.2) is 4.39 Å². The first kappa shape index (κ1) is 17.2. The Balaban J connectivity index is 1.86. The van der Waals surface area contributed by atoms with Crippen LogP contribution in [-0.4, -0.2) is 23.7 Å². The number of thioether (sulfide) groups is 1. The molecule has 1 N–H and O–H groups in total. The van der Waals surface area contributed by atoms with Crippen LogP contribution in [0.15, 0.2) is 41.3 Å². The fourth-order valence-electron chi connectivity index (χ4n) is 2.75. The lowest BCUT2D eigenvalue weighted by molar-refractivity contribution is -0.385. The van der Waals surface area contributed by atoms with Gasteiger partial charge in [-0.1, -0.05) is 12.1 Å². The van der Waals surface area contributed by atoms with E-state index in [2.05, 4.69) is 5.32 Å². The average Bonchev–Trinajstić information content (AvgIpc) is 2.62. The molecular weight excluding hydrogens is 347 g/mol. The Kier molecular flexibility index (Phi) is 4.89. The molecule has 2 aromatic rings. The minimum atomic E-state index is -0.600. The number of ether oxygens (including phenoxy) is 1. The summed E-state index contributed by atoms with van der Waals surface area (Å²) in [5, 5.41) is 13.9. The molecule has 25 heavy (non-hydrogen) atoms. The summed E-state index contributed by atoms with van der Waals surface area (Å²) in [7, 11) is 1.33. The molecule has 0 bridgehead atoms. The van der Waals surface area contributed by atoms with Gasteiger partial charge in [0.15, 0.2) is 5.75 Å². The van der Waals surface area contributed by atoms with E-state index in [-0.39, 0.29) is 28.9 Å². The van der Waals surface area contributed by atoms with Gasteiger partial charge in [-0.15, -0.1) is 11.8 Å². The number of amides is 1. The third-order valence-corrected chi connectivity index (χ3v) is 5.13. The van der Waals surface area contributed by atoms with E-state index < -0.39 is 10.8 Å². The standard InChI is InChI=1S/C17H15FN2O4S/c1-24-15-6-5-10(9-14(15)20(22)23)17(21)19-13-7-8-25-16-11(13)3-2-4-12(16)18/h2-6,9,13H,7-8H2,1H3,(H,19,21)/t13-/m0/s1. The highest BCUT2D eigenvalue weighted by atomic mass is 32.2. The molecular formula is C17H15FN2O4S. The molecule has 130 valence electrons. The average molecular weight is 362 g/mol. The number of halogens is 1. The van der Waals surface area contributed by atoms with Crippen molar-refractivity contribution in [2.24, 2.45) is 0 Å². The Labute approximate surface area is 147 Å². The number of carbonyl (C=O) groups is 1. The van der Waals surface area contributed by atoms with E-state index in [9.17, 15) is 19.3 Å². The number of hydrogen-bond donors (Lipinski definition) is 1. The molecule has 3 rings (SSSR count). The largest absolute Gasteiger partial charge is 0.490 e. The number of nitro groups is 1. The number of nitrogens with one attached hydrogen (secondary N) is 1. The number of nitrogens with zero attached hydrogens (tertiary/aromatic N) is 1. The maximum atomic E-state index is 13.9. The summed E-state index contributed by atoms with van der Waals surface area (Å²) < 4.78 is 18.8. The van der Waals surface area contributed by atoms with Crippen molar-refractivity contribution in [3.63, 3.8) is 0 Å². The molecule has 0 aromatic heterocycles. The molecule has 8 heteroatoms. The summed E-state index contributed by atoms with van der Waals surface area (Å²) in [4.78, 5) is 23.5. The Morgan fingerprint density at radius 1 is 1.40 bits per heavy atom. The molecule has 1 aliphatic rings. The van der Waals surface area contributed by atoms with Crippen molar-refractivity contribution in [1.82, 2.24) is 5.32 Å². The van der Waals surface area contributed by atoms with Crippen molar-refractivity contribution >= 4 is 23.4 Å². The van der Waals surface area contributed by atoms with Crippen LogP contribution in [0.25, 0.3) is 0 Å². The zero-order chi connectivity index (χ0) is 18.0. The van der Waals surface area contributed by atoms with Crippen molar-refractivity contribution in [2.45, 2.75) is 17.4 Å². The number of rotatable bonds is 4. The van der Waals surface area contributed by atoms with Gasteiger partial charge in [0.05, 0.1) is 18.1 Å². The number of benzene rings is 2. The van der Waals surface area contributed by atoms with Crippen LogP contribution in [-0.2, 0) is 0 Å². The Hall–Kier alpha value is -2.61. The van der Waals surface area contributed by atoms with Crippen LogP contribution in [0, 0.1) is 15.9 Å². The molecule has 0 spiro atoms. The van der Waals surface area contributed by atoms with Crippen molar-refractivity contribution in [3.8, 4) is 5.75 Å². The smallest absolute Gasteiger partial charge is 0.311 e. The van der Waals surface area contributed by atoms with Gasteiger partial charge in [-0.3, -0.25) is 14.9 Å². The minimum Gasteiger partial charge on any atom is -0.490 e. The van der Waals surface area contributed by atoms with E-state index >= 15 is 0 Å². The first-order chi connectivity index (χ1) is 12.0. The Bertz CT molecular complexity index is 843. The lowest BCUT2D eigenvalue weighted by atomic mass is 10.0. The molecule has 0 fully saturated rings. The molecule has 6 nitrogen and oxygen atoms in total. The second-order valence-corrected chi connectivity index (χ2v) is 6.57. The number of methoxy groups -OCH3 is 1. The Morgan fingerprint density at radius 3 is 2.92 bits per heavy atom. The highest BCUT2D eigenvalue weighted by Gasteiger charge is 2.26. The molecule has 1 atom stereocenters. The minimum absolute atomic E-state index is 0.0861. The number of nitro benzene ring substituents is 1. The molecule has 1 heterocycles. The van der Waals surface area contributed by atoms with Gasteiger partial charge < -0.3 is 10.1 Å². The molecule has 0 saturated carbocycles. The highest BCUT2D eigenvalue weighted by Crippen LogP contribution is 2.38. The van der Waals surface area contributed by atoms with Crippen LogP contribution in [0.4, 0.5) is 10.1 Å². The van der Waals surface area contributed by atoms with Gasteiger partial charge in [0.2, 0.25) is 0 Å². The van der Waals surface area contributed by atoms with Gasteiger partial charge in [-0.2, -0.15) is 0 Å². The van der Waals surface area contributed by atoms with Crippen molar-refractivity contribution in [1.29, 1.82) is 0 Å². The highest BCUT2D eigenvalue weighted by molar-refractivity contribution is 7.99. The van der Waals surface area contributed by atoms with E-state index in [1.54, 1.807) is 12.1 Å². The van der Waals surface area contributed by atoms with Crippen LogP contribution in [0.3, 0.4) is 0 Å². The lowest BCUT2D eigenvalue weighted by Crippen LogP contribution is -2.30. The topological polar surface area (TPSA) is 81.5 Å². The quantitative estimate of drug-likeness (QED) is 0.662. The van der Waals surface area contributed by atoms with Gasteiger partial charge >= 0.3 is 5.69 Å². The zero-order valence-corrected chi connectivity index (χ0v) is 14.1. The fourth-order valence-corrected chi connectivity index (χ4v) is 3.89. The van der Waals surface area contributed by atoms with Gasteiger partial charge in [0.25, 0.3) is 5.91 Å². The molecule has 1 amide bonds. The fraction of sp³-hybridized carbons (Fsp3) is 0.235. The zero-order valence-electron chi connectivity index (χ0n) is 13.3. The lowest BCUT2D eigenvalue weighted by Gasteiger charge is -2.26.